The first kappa shape index (κ1) is 31.3. The van der Waals surface area contributed by atoms with Gasteiger partial charge in [0.05, 0.1) is 5.71 Å². The summed E-state index contributed by atoms with van der Waals surface area (Å²) in [7, 11) is 0. The van der Waals surface area contributed by atoms with Crippen molar-refractivity contribution in [2.45, 2.75) is 78.9 Å². The molecule has 0 aliphatic carbocycles. The van der Waals surface area contributed by atoms with Crippen LogP contribution in [0.1, 0.15) is 85.7 Å². The Morgan fingerprint density at radius 1 is 1.02 bits per heavy atom. The van der Waals surface area contributed by atoms with Crippen LogP contribution in [0, 0.1) is 20.8 Å². The van der Waals surface area contributed by atoms with Gasteiger partial charge in [-0.15, -0.1) is 21.5 Å². The predicted octanol–water partition coefficient (Wildman–Crippen LogP) is 6.48. The number of benzene rings is 1. The van der Waals surface area contributed by atoms with Gasteiger partial charge in [-0.25, -0.2) is 4.79 Å². The largest absolute Gasteiger partial charge is 0.444 e. The molecule has 1 saturated heterocycles. The van der Waals surface area contributed by atoms with Crippen LogP contribution in [0.5, 0.6) is 0 Å². The number of piperazine rings is 1. The smallest absolute Gasteiger partial charge is 0.410 e. The topological polar surface area (TPSA) is 92.9 Å². The zero-order valence-electron chi connectivity index (χ0n) is 25.9. The molecule has 5 rings (SSSR count). The van der Waals surface area contributed by atoms with E-state index in [1.807, 2.05) is 52.0 Å². The number of nitrogens with zero attached hydrogens (tertiary/aromatic N) is 6. The summed E-state index contributed by atoms with van der Waals surface area (Å²) in [5, 5.41) is 10.6. The number of hydrogen-bond acceptors (Lipinski definition) is 8. The number of amides is 1. The average molecular weight is 625 g/mol. The Kier molecular flexibility index (Phi) is 9.39. The highest BCUT2D eigenvalue weighted by Crippen LogP contribution is 2.39. The van der Waals surface area contributed by atoms with E-state index in [2.05, 4.69) is 33.5 Å². The molecular formula is C32H41ClN6O3S. The summed E-state index contributed by atoms with van der Waals surface area (Å²) in [6.07, 6.45) is 2.25. The minimum Gasteiger partial charge on any atom is -0.444 e. The molecule has 9 nitrogen and oxygen atoms in total. The number of ether oxygens (including phenoxy) is 1. The predicted molar refractivity (Wildman–Crippen MR) is 171 cm³/mol. The van der Waals surface area contributed by atoms with Crippen molar-refractivity contribution in [2.75, 3.05) is 32.7 Å². The first-order chi connectivity index (χ1) is 20.4. The number of halogens is 1. The lowest BCUT2D eigenvalue weighted by molar-refractivity contribution is -0.119. The maximum absolute atomic E-state index is 13.3. The number of ketones is 1. The van der Waals surface area contributed by atoms with Gasteiger partial charge in [0.2, 0.25) is 0 Å². The quantitative estimate of drug-likeness (QED) is 0.266. The second-order valence-corrected chi connectivity index (χ2v) is 14.1. The molecule has 4 heterocycles. The van der Waals surface area contributed by atoms with E-state index in [1.165, 1.54) is 10.4 Å². The molecule has 0 unspecified atom stereocenters. The Morgan fingerprint density at radius 2 is 1.72 bits per heavy atom. The van der Waals surface area contributed by atoms with Gasteiger partial charge in [-0.1, -0.05) is 23.7 Å². The van der Waals surface area contributed by atoms with Crippen molar-refractivity contribution < 1.29 is 14.3 Å². The number of aliphatic imine (C=N–C) groups is 1. The van der Waals surface area contributed by atoms with E-state index < -0.39 is 11.6 Å². The van der Waals surface area contributed by atoms with Gasteiger partial charge in [0, 0.05) is 60.0 Å². The van der Waals surface area contributed by atoms with E-state index in [4.69, 9.17) is 21.3 Å². The number of hydrogen-bond donors (Lipinski definition) is 0. The Balaban J connectivity index is 1.23. The number of thiophene rings is 1. The molecule has 2 aromatic heterocycles. The molecule has 0 bridgehead atoms. The lowest BCUT2D eigenvalue weighted by atomic mass is 9.99. The highest BCUT2D eigenvalue weighted by atomic mass is 35.5. The molecule has 0 radical (unpaired) electrons. The van der Waals surface area contributed by atoms with Gasteiger partial charge in [0.15, 0.2) is 5.82 Å². The number of unbranched alkanes of at least 4 members (excludes halogenated alkanes) is 1. The van der Waals surface area contributed by atoms with Gasteiger partial charge in [0.1, 0.15) is 28.3 Å². The first-order valence-electron chi connectivity index (χ1n) is 15.0. The number of fused-ring (bicyclic) bond motifs is 3. The molecule has 2 aliphatic rings. The number of carbonyl (C=O) groups is 2. The van der Waals surface area contributed by atoms with Crippen molar-refractivity contribution in [1.29, 1.82) is 0 Å². The second-order valence-electron chi connectivity index (χ2n) is 12.4. The summed E-state index contributed by atoms with van der Waals surface area (Å²) in [5.74, 6) is 1.67. The molecule has 1 atom stereocenters. The minimum absolute atomic E-state index is 0.171. The van der Waals surface area contributed by atoms with Gasteiger partial charge < -0.3 is 9.64 Å². The standard InChI is InChI=1S/C32H41ClN6O3S/c1-20-21(2)43-30-27(20)28(23-10-12-24(33)13-11-23)34-26(29-36-35-22(3)39(29)30)19-25(40)9-7-8-14-37-15-17-38(18-16-37)31(41)42-32(4,5)6/h10-13,26H,7-9,14-19H2,1-6H3/t26-/m0/s1. The summed E-state index contributed by atoms with van der Waals surface area (Å²) < 4.78 is 7.58. The number of aromatic nitrogens is 3. The number of Topliss-reactive ketones (excluding diaryl/α,β-unsaturated/α-hetero) is 1. The monoisotopic (exact) mass is 624 g/mol. The van der Waals surface area contributed by atoms with E-state index >= 15 is 0 Å². The number of aryl methyl sites for hydroxylation is 2. The third-order valence-electron chi connectivity index (χ3n) is 7.98. The highest BCUT2D eigenvalue weighted by Gasteiger charge is 2.32. The second kappa shape index (κ2) is 12.9. The van der Waals surface area contributed by atoms with Gasteiger partial charge in [0.25, 0.3) is 0 Å². The summed E-state index contributed by atoms with van der Waals surface area (Å²) in [6.45, 7) is 15.7. The maximum Gasteiger partial charge on any atom is 0.410 e. The SMILES string of the molecule is Cc1sc2c(c1C)C(c1ccc(Cl)cc1)=N[C@@H](CC(=O)CCCCN1CCN(C(=O)OC(C)(C)C)CC1)c1nnc(C)n1-2. The Hall–Kier alpha value is -3.08. The molecule has 1 amide bonds. The van der Waals surface area contributed by atoms with Crippen LogP contribution in [0.25, 0.3) is 5.00 Å². The van der Waals surface area contributed by atoms with E-state index in [9.17, 15) is 9.59 Å². The molecule has 0 saturated carbocycles. The average Bonchev–Trinajstić information content (AvgIpc) is 3.43. The van der Waals surface area contributed by atoms with Crippen LogP contribution in [0.3, 0.4) is 0 Å². The summed E-state index contributed by atoms with van der Waals surface area (Å²) in [4.78, 5) is 36.2. The molecular weight excluding hydrogens is 584 g/mol. The van der Waals surface area contributed by atoms with Crippen LogP contribution >= 0.6 is 22.9 Å². The maximum atomic E-state index is 13.3. The lowest BCUT2D eigenvalue weighted by Crippen LogP contribution is -2.50. The lowest BCUT2D eigenvalue weighted by Gasteiger charge is -2.35. The van der Waals surface area contributed by atoms with Crippen molar-refractivity contribution >= 4 is 40.5 Å². The van der Waals surface area contributed by atoms with Crippen LogP contribution in [0.2, 0.25) is 5.02 Å². The fourth-order valence-corrected chi connectivity index (χ4v) is 6.93. The van der Waals surface area contributed by atoms with Crippen molar-refractivity contribution in [3.05, 3.63) is 62.5 Å². The fraction of sp³-hybridized carbons (Fsp3) is 0.531. The molecule has 11 heteroatoms. The third-order valence-corrected chi connectivity index (χ3v) is 9.43. The summed E-state index contributed by atoms with van der Waals surface area (Å²) >= 11 is 7.92. The molecule has 1 fully saturated rings. The highest BCUT2D eigenvalue weighted by molar-refractivity contribution is 7.15. The van der Waals surface area contributed by atoms with Gasteiger partial charge in [-0.05, 0) is 78.6 Å². The van der Waals surface area contributed by atoms with E-state index in [1.54, 1.807) is 16.2 Å². The van der Waals surface area contributed by atoms with Crippen molar-refractivity contribution in [2.24, 2.45) is 4.99 Å². The fourth-order valence-electron chi connectivity index (χ4n) is 5.59. The van der Waals surface area contributed by atoms with Gasteiger partial charge in [-0.2, -0.15) is 0 Å². The zero-order valence-corrected chi connectivity index (χ0v) is 27.5. The Morgan fingerprint density at radius 3 is 2.40 bits per heavy atom. The van der Waals surface area contributed by atoms with E-state index in [0.717, 1.165) is 60.1 Å². The van der Waals surface area contributed by atoms with Gasteiger partial charge in [-0.3, -0.25) is 19.3 Å². The minimum atomic E-state index is -0.487. The molecule has 43 heavy (non-hydrogen) atoms. The molecule has 3 aromatic rings. The molecule has 230 valence electrons. The molecule has 0 N–H and O–H groups in total. The van der Waals surface area contributed by atoms with Crippen LogP contribution < -0.4 is 0 Å². The van der Waals surface area contributed by atoms with Gasteiger partial charge >= 0.3 is 6.09 Å². The van der Waals surface area contributed by atoms with Crippen LogP contribution in [0.4, 0.5) is 4.79 Å². The van der Waals surface area contributed by atoms with E-state index in [-0.39, 0.29) is 18.3 Å². The van der Waals surface area contributed by atoms with E-state index in [0.29, 0.717) is 30.4 Å². The third kappa shape index (κ3) is 7.19. The van der Waals surface area contributed by atoms with Crippen molar-refractivity contribution in [3.63, 3.8) is 0 Å². The van der Waals surface area contributed by atoms with Crippen LogP contribution in [0.15, 0.2) is 29.3 Å². The summed E-state index contributed by atoms with van der Waals surface area (Å²) in [5.41, 5.74) is 3.58. The summed E-state index contributed by atoms with van der Waals surface area (Å²) in [6, 6.07) is 7.30. The molecule has 2 aliphatic heterocycles. The van der Waals surface area contributed by atoms with Crippen LogP contribution in [-0.2, 0) is 9.53 Å². The molecule has 0 spiro atoms. The molecule has 1 aromatic carbocycles. The van der Waals surface area contributed by atoms with Crippen molar-refractivity contribution in [1.82, 2.24) is 24.6 Å². The number of rotatable bonds is 8. The Bertz CT molecular complexity index is 1510. The van der Waals surface area contributed by atoms with Crippen LogP contribution in [-0.4, -0.2) is 80.5 Å². The zero-order chi connectivity index (χ0) is 30.9. The number of carbonyl (C=O) groups excluding carboxylic acids is 2. The first-order valence-corrected chi connectivity index (χ1v) is 16.2. The van der Waals surface area contributed by atoms with Crippen molar-refractivity contribution in [3.8, 4) is 5.00 Å². The Labute approximate surface area is 262 Å². The normalized spacial score (nSPS) is 17.2.